The molecule has 1 N–H and O–H groups in total. The van der Waals surface area contributed by atoms with Crippen LogP contribution in [0, 0.1) is 0 Å². The molecule has 2 rings (SSSR count). The summed E-state index contributed by atoms with van der Waals surface area (Å²) in [6.45, 7) is 0. The highest BCUT2D eigenvalue weighted by molar-refractivity contribution is 6.35. The van der Waals surface area contributed by atoms with Crippen molar-refractivity contribution in [1.29, 1.82) is 0 Å². The normalized spacial score (nSPS) is 10.4. The number of nitrogens with one attached hydrogen (secondary N) is 1. The molecule has 1 aromatic heterocycles. The summed E-state index contributed by atoms with van der Waals surface area (Å²) in [4.78, 5) is 18.0. The molecule has 0 amide bonds. The Labute approximate surface area is 81.3 Å². The average molecular weight is 188 g/mol. The van der Waals surface area contributed by atoms with Crippen LogP contribution in [0.4, 0.5) is 0 Å². The fraction of sp³-hybridized carbons (Fsp3) is 0.111. The van der Waals surface area contributed by atoms with Gasteiger partial charge in [0.15, 0.2) is 0 Å². The number of nitrogens with zero attached hydrogens (tertiary/aromatic N) is 1. The molecule has 0 saturated carbocycles. The average Bonchev–Trinajstić information content (AvgIpc) is 2.17. The zero-order valence-corrected chi connectivity index (χ0v) is 8.00. The van der Waals surface area contributed by atoms with Gasteiger partial charge in [0.25, 0.3) is 5.56 Å². The third-order valence-electron chi connectivity index (χ3n) is 2.16. The summed E-state index contributed by atoms with van der Waals surface area (Å²) in [7, 11) is 3.50. The summed E-state index contributed by atoms with van der Waals surface area (Å²) in [6, 6.07) is 3.54. The van der Waals surface area contributed by atoms with E-state index in [9.17, 15) is 4.79 Å². The Balaban J connectivity index is 2.87. The Bertz CT molecular complexity index is 536. The molecule has 0 aliphatic heterocycles. The highest BCUT2D eigenvalue weighted by atomic mass is 16.5. The lowest BCUT2D eigenvalue weighted by Crippen LogP contribution is -2.12. The standard InChI is InChI=1S/C9H9BN2O2/c1-14-8-2-5-7(3-6(8)10)11-4-12-9(5)13/h2-4H,10H2,1H3,(H,11,12,13). The van der Waals surface area contributed by atoms with Crippen molar-refractivity contribution in [2.45, 2.75) is 0 Å². The summed E-state index contributed by atoms with van der Waals surface area (Å²) < 4.78 is 5.13. The fourth-order valence-electron chi connectivity index (χ4n) is 1.42. The van der Waals surface area contributed by atoms with E-state index >= 15 is 0 Å². The van der Waals surface area contributed by atoms with Gasteiger partial charge in [-0.05, 0) is 17.6 Å². The molecule has 0 bridgehead atoms. The summed E-state index contributed by atoms with van der Waals surface area (Å²) in [5.41, 5.74) is 1.51. The number of hydrogen-bond donors (Lipinski definition) is 1. The first-order valence-electron chi connectivity index (χ1n) is 4.24. The number of fused-ring (bicyclic) bond motifs is 1. The van der Waals surface area contributed by atoms with Gasteiger partial charge in [0.1, 0.15) is 13.6 Å². The molecule has 1 aromatic carbocycles. The molecule has 5 heteroatoms. The molecule has 14 heavy (non-hydrogen) atoms. The maximum Gasteiger partial charge on any atom is 0.258 e. The highest BCUT2D eigenvalue weighted by Gasteiger charge is 2.04. The van der Waals surface area contributed by atoms with Crippen LogP contribution in [0.3, 0.4) is 0 Å². The fourth-order valence-corrected chi connectivity index (χ4v) is 1.42. The van der Waals surface area contributed by atoms with Crippen LogP contribution in [-0.4, -0.2) is 24.9 Å². The second-order valence-corrected chi connectivity index (χ2v) is 3.07. The van der Waals surface area contributed by atoms with Crippen molar-refractivity contribution in [1.82, 2.24) is 9.97 Å². The van der Waals surface area contributed by atoms with Crippen molar-refractivity contribution in [3.63, 3.8) is 0 Å². The zero-order chi connectivity index (χ0) is 10.1. The molecular weight excluding hydrogens is 179 g/mol. The zero-order valence-electron chi connectivity index (χ0n) is 8.00. The summed E-state index contributed by atoms with van der Waals surface area (Å²) >= 11 is 0. The Kier molecular flexibility index (Phi) is 2.00. The maximum absolute atomic E-state index is 11.4. The number of rotatable bonds is 1. The Morgan fingerprint density at radius 2 is 2.29 bits per heavy atom. The summed E-state index contributed by atoms with van der Waals surface area (Å²) in [5, 5.41) is 0.551. The molecule has 70 valence electrons. The van der Waals surface area contributed by atoms with Crippen LogP contribution in [0.25, 0.3) is 10.9 Å². The topological polar surface area (TPSA) is 55.0 Å². The van der Waals surface area contributed by atoms with E-state index in [1.54, 1.807) is 13.2 Å². The Morgan fingerprint density at radius 3 is 3.00 bits per heavy atom. The molecule has 0 saturated heterocycles. The smallest absolute Gasteiger partial charge is 0.258 e. The van der Waals surface area contributed by atoms with Crippen molar-refractivity contribution in [2.75, 3.05) is 7.11 Å². The van der Waals surface area contributed by atoms with E-state index in [1.165, 1.54) is 6.33 Å². The van der Waals surface area contributed by atoms with E-state index in [4.69, 9.17) is 4.74 Å². The van der Waals surface area contributed by atoms with Gasteiger partial charge in [-0.15, -0.1) is 0 Å². The Morgan fingerprint density at radius 1 is 1.50 bits per heavy atom. The lowest BCUT2D eigenvalue weighted by atomic mass is 9.94. The number of aromatic nitrogens is 2. The van der Waals surface area contributed by atoms with Crippen molar-refractivity contribution < 1.29 is 4.74 Å². The third kappa shape index (κ3) is 1.27. The highest BCUT2D eigenvalue weighted by Crippen LogP contribution is 2.12. The van der Waals surface area contributed by atoms with Crippen molar-refractivity contribution >= 4 is 24.2 Å². The van der Waals surface area contributed by atoms with Crippen molar-refractivity contribution in [3.8, 4) is 5.75 Å². The molecule has 4 nitrogen and oxygen atoms in total. The van der Waals surface area contributed by atoms with Crippen molar-refractivity contribution in [3.05, 3.63) is 28.8 Å². The molecule has 0 aliphatic rings. The summed E-state index contributed by atoms with van der Waals surface area (Å²) in [5.74, 6) is 0.705. The number of benzene rings is 1. The van der Waals surface area contributed by atoms with Gasteiger partial charge in [-0.1, -0.05) is 0 Å². The van der Waals surface area contributed by atoms with Gasteiger partial charge in [-0.2, -0.15) is 0 Å². The van der Waals surface area contributed by atoms with Crippen LogP contribution < -0.4 is 15.8 Å². The number of ether oxygens (including phenoxy) is 1. The molecule has 1 heterocycles. The lowest BCUT2D eigenvalue weighted by Gasteiger charge is -2.05. The van der Waals surface area contributed by atoms with E-state index in [1.807, 2.05) is 13.9 Å². The molecule has 2 aromatic rings. The molecule has 0 fully saturated rings. The van der Waals surface area contributed by atoms with Gasteiger partial charge < -0.3 is 9.72 Å². The maximum atomic E-state index is 11.4. The molecule has 0 atom stereocenters. The van der Waals surface area contributed by atoms with Gasteiger partial charge in [-0.3, -0.25) is 4.79 Å². The third-order valence-corrected chi connectivity index (χ3v) is 2.16. The first kappa shape index (κ1) is 8.81. The van der Waals surface area contributed by atoms with E-state index in [-0.39, 0.29) is 5.56 Å². The van der Waals surface area contributed by atoms with Gasteiger partial charge in [0, 0.05) is 0 Å². The van der Waals surface area contributed by atoms with Crippen LogP contribution in [0.5, 0.6) is 5.75 Å². The van der Waals surface area contributed by atoms with Gasteiger partial charge in [-0.25, -0.2) is 4.98 Å². The van der Waals surface area contributed by atoms with Crippen LogP contribution in [0.2, 0.25) is 0 Å². The minimum atomic E-state index is -0.145. The first-order chi connectivity index (χ1) is 6.72. The Hall–Kier alpha value is -1.78. The van der Waals surface area contributed by atoms with Crippen LogP contribution in [0.15, 0.2) is 23.3 Å². The van der Waals surface area contributed by atoms with Gasteiger partial charge in [0.05, 0.1) is 24.3 Å². The van der Waals surface area contributed by atoms with E-state index in [0.29, 0.717) is 16.7 Å². The van der Waals surface area contributed by atoms with Crippen LogP contribution in [0.1, 0.15) is 0 Å². The molecule has 0 radical (unpaired) electrons. The first-order valence-corrected chi connectivity index (χ1v) is 4.24. The number of H-pyrrole nitrogens is 1. The van der Waals surface area contributed by atoms with E-state index in [2.05, 4.69) is 9.97 Å². The van der Waals surface area contributed by atoms with Crippen molar-refractivity contribution in [2.24, 2.45) is 0 Å². The van der Waals surface area contributed by atoms with Crippen LogP contribution in [-0.2, 0) is 0 Å². The van der Waals surface area contributed by atoms with Gasteiger partial charge in [0.2, 0.25) is 0 Å². The molecule has 0 aliphatic carbocycles. The van der Waals surface area contributed by atoms with E-state index in [0.717, 1.165) is 5.46 Å². The lowest BCUT2D eigenvalue weighted by molar-refractivity contribution is 0.419. The van der Waals surface area contributed by atoms with Crippen LogP contribution >= 0.6 is 0 Å². The largest absolute Gasteiger partial charge is 0.497 e. The minimum absolute atomic E-state index is 0.145. The minimum Gasteiger partial charge on any atom is -0.497 e. The monoisotopic (exact) mass is 188 g/mol. The summed E-state index contributed by atoms with van der Waals surface area (Å²) in [6.07, 6.45) is 1.40. The number of hydrogen-bond acceptors (Lipinski definition) is 3. The molecular formula is C9H9BN2O2. The van der Waals surface area contributed by atoms with Gasteiger partial charge >= 0.3 is 0 Å². The second kappa shape index (κ2) is 3.18. The number of methoxy groups -OCH3 is 1. The SMILES string of the molecule is Bc1cc2nc[nH]c(=O)c2cc1OC. The predicted molar refractivity (Wildman–Crippen MR) is 57.1 cm³/mol. The quantitative estimate of drug-likeness (QED) is 0.595. The predicted octanol–water partition coefficient (Wildman–Crippen LogP) is -0.810. The molecule has 0 spiro atoms. The second-order valence-electron chi connectivity index (χ2n) is 3.07. The van der Waals surface area contributed by atoms with E-state index < -0.39 is 0 Å². The molecule has 0 unspecified atom stereocenters. The number of aromatic amines is 1.